The van der Waals surface area contributed by atoms with Crippen LogP contribution in [0.2, 0.25) is 0 Å². The summed E-state index contributed by atoms with van der Waals surface area (Å²) in [5.74, 6) is 0. The van der Waals surface area contributed by atoms with Crippen molar-refractivity contribution in [3.8, 4) is 0 Å². The number of benzene rings is 1. The molecule has 1 aromatic carbocycles. The molecule has 0 spiro atoms. The number of hydrogen-bond donors (Lipinski definition) is 0. The highest BCUT2D eigenvalue weighted by atomic mass is 16.7. The summed E-state index contributed by atoms with van der Waals surface area (Å²) in [6.45, 7) is 4.61. The Balaban J connectivity index is 1.99. The van der Waals surface area contributed by atoms with E-state index in [1.54, 1.807) is 0 Å². The van der Waals surface area contributed by atoms with Crippen molar-refractivity contribution in [2.75, 3.05) is 6.61 Å². The minimum atomic E-state index is -0.178. The highest BCUT2D eigenvalue weighted by molar-refractivity contribution is 5.33. The zero-order valence-corrected chi connectivity index (χ0v) is 8.61. The molecule has 3 rings (SSSR count). The van der Waals surface area contributed by atoms with Gasteiger partial charge in [-0.1, -0.05) is 36.4 Å². The van der Waals surface area contributed by atoms with Crippen LogP contribution in [0.25, 0.3) is 0 Å². The van der Waals surface area contributed by atoms with Gasteiger partial charge in [0.15, 0.2) is 6.29 Å². The molecule has 2 heteroatoms. The maximum Gasteiger partial charge on any atom is 0.185 e. The van der Waals surface area contributed by atoms with Crippen molar-refractivity contribution >= 4 is 0 Å². The summed E-state index contributed by atoms with van der Waals surface area (Å²) < 4.78 is 11.5. The predicted molar refractivity (Wildman–Crippen MR) is 57.3 cm³/mol. The lowest BCUT2D eigenvalue weighted by Gasteiger charge is -2.19. The first-order valence-electron chi connectivity index (χ1n) is 5.37. The normalized spacial score (nSPS) is 29.5. The van der Waals surface area contributed by atoms with Crippen molar-refractivity contribution < 1.29 is 9.47 Å². The summed E-state index contributed by atoms with van der Waals surface area (Å²) in [4.78, 5) is 0. The Hall–Kier alpha value is -1.12. The zero-order chi connectivity index (χ0) is 10.3. The summed E-state index contributed by atoms with van der Waals surface area (Å²) in [5.41, 5.74) is 3.65. The Morgan fingerprint density at radius 2 is 2.00 bits per heavy atom. The fraction of sp³-hybridized carbons (Fsp3) is 0.385. The lowest BCUT2D eigenvalue weighted by Crippen LogP contribution is -2.10. The molecule has 0 radical (unpaired) electrons. The minimum absolute atomic E-state index is 0.178. The monoisotopic (exact) mass is 202 g/mol. The maximum absolute atomic E-state index is 5.86. The molecule has 0 unspecified atom stereocenters. The molecule has 1 saturated heterocycles. The smallest absolute Gasteiger partial charge is 0.185 e. The lowest BCUT2D eigenvalue weighted by atomic mass is 10.0. The third kappa shape index (κ3) is 1.50. The van der Waals surface area contributed by atoms with E-state index in [-0.39, 0.29) is 12.4 Å². The predicted octanol–water partition coefficient (Wildman–Crippen LogP) is 3.12. The molecule has 78 valence electrons. The Labute approximate surface area is 89.5 Å². The standard InChI is InChI=1S/C13H14O2/c1-9-6-7-12-10-4-2-3-5-11(10)13(15-12)14-8-9/h2-5,12-13H,1,6-8H2/t12-,13-/m1/s1. The van der Waals surface area contributed by atoms with E-state index in [9.17, 15) is 0 Å². The van der Waals surface area contributed by atoms with Gasteiger partial charge in [0, 0.05) is 5.56 Å². The summed E-state index contributed by atoms with van der Waals surface area (Å²) in [6, 6.07) is 8.32. The van der Waals surface area contributed by atoms with Gasteiger partial charge in [0.2, 0.25) is 0 Å². The van der Waals surface area contributed by atoms with Crippen molar-refractivity contribution in [1.29, 1.82) is 0 Å². The average Bonchev–Trinajstić information content (AvgIpc) is 2.62. The third-order valence-corrected chi connectivity index (χ3v) is 3.08. The van der Waals surface area contributed by atoms with Crippen LogP contribution in [0.15, 0.2) is 36.4 Å². The molecule has 1 fully saturated rings. The van der Waals surface area contributed by atoms with E-state index < -0.39 is 0 Å². The largest absolute Gasteiger partial charge is 0.344 e. The number of ether oxygens (including phenoxy) is 2. The van der Waals surface area contributed by atoms with Crippen molar-refractivity contribution in [3.05, 3.63) is 47.5 Å². The van der Waals surface area contributed by atoms with Gasteiger partial charge in [0.25, 0.3) is 0 Å². The first-order valence-corrected chi connectivity index (χ1v) is 5.37. The molecule has 2 heterocycles. The zero-order valence-electron chi connectivity index (χ0n) is 8.61. The van der Waals surface area contributed by atoms with Crippen molar-refractivity contribution in [2.24, 2.45) is 0 Å². The molecule has 0 aliphatic carbocycles. The first kappa shape index (κ1) is 9.13. The molecule has 2 atom stereocenters. The summed E-state index contributed by atoms with van der Waals surface area (Å²) in [7, 11) is 0. The Kier molecular flexibility index (Phi) is 2.11. The van der Waals surface area contributed by atoms with E-state index in [0.717, 1.165) is 12.8 Å². The van der Waals surface area contributed by atoms with Crippen molar-refractivity contribution in [1.82, 2.24) is 0 Å². The van der Waals surface area contributed by atoms with Gasteiger partial charge < -0.3 is 9.47 Å². The van der Waals surface area contributed by atoms with Gasteiger partial charge in [-0.3, -0.25) is 0 Å². The molecule has 15 heavy (non-hydrogen) atoms. The molecule has 0 aromatic heterocycles. The summed E-state index contributed by atoms with van der Waals surface area (Å²) in [5, 5.41) is 0. The van der Waals surface area contributed by atoms with E-state index in [2.05, 4.69) is 24.8 Å². The van der Waals surface area contributed by atoms with E-state index in [1.165, 1.54) is 16.7 Å². The number of rotatable bonds is 0. The van der Waals surface area contributed by atoms with Crippen molar-refractivity contribution in [2.45, 2.75) is 25.2 Å². The molecule has 2 aliphatic heterocycles. The summed E-state index contributed by atoms with van der Waals surface area (Å²) >= 11 is 0. The van der Waals surface area contributed by atoms with Crippen LogP contribution in [0.5, 0.6) is 0 Å². The van der Waals surface area contributed by atoms with E-state index >= 15 is 0 Å². The Bertz CT molecular complexity index is 362. The third-order valence-electron chi connectivity index (χ3n) is 3.08. The molecular weight excluding hydrogens is 188 g/mol. The quantitative estimate of drug-likeness (QED) is 0.602. The van der Waals surface area contributed by atoms with Gasteiger partial charge in [0.1, 0.15) is 0 Å². The van der Waals surface area contributed by atoms with Gasteiger partial charge in [-0.25, -0.2) is 0 Å². The first-order chi connectivity index (χ1) is 7.34. The van der Waals surface area contributed by atoms with Crippen LogP contribution in [-0.4, -0.2) is 6.61 Å². The SMILES string of the molecule is C=C1CC[C@H]2O[C@@H](OC1)c1ccccc12. The van der Waals surface area contributed by atoms with Crippen LogP contribution < -0.4 is 0 Å². The fourth-order valence-electron chi connectivity index (χ4n) is 2.27. The van der Waals surface area contributed by atoms with Crippen LogP contribution in [0, 0.1) is 0 Å². The highest BCUT2D eigenvalue weighted by Crippen LogP contribution is 2.43. The molecule has 1 aromatic rings. The second-order valence-corrected chi connectivity index (χ2v) is 4.19. The molecular formula is C13H14O2. The van der Waals surface area contributed by atoms with Crippen molar-refractivity contribution in [3.63, 3.8) is 0 Å². The molecule has 0 N–H and O–H groups in total. The van der Waals surface area contributed by atoms with Crippen LogP contribution in [0.3, 0.4) is 0 Å². The van der Waals surface area contributed by atoms with Gasteiger partial charge in [-0.15, -0.1) is 0 Å². The molecule has 2 nitrogen and oxygen atoms in total. The van der Waals surface area contributed by atoms with E-state index in [4.69, 9.17) is 9.47 Å². The van der Waals surface area contributed by atoms with Gasteiger partial charge in [0.05, 0.1) is 12.7 Å². The highest BCUT2D eigenvalue weighted by Gasteiger charge is 2.33. The number of hydrogen-bond acceptors (Lipinski definition) is 2. The van der Waals surface area contributed by atoms with Gasteiger partial charge in [-0.2, -0.15) is 0 Å². The average molecular weight is 202 g/mol. The molecule has 0 amide bonds. The molecule has 2 bridgehead atoms. The Morgan fingerprint density at radius 1 is 1.20 bits per heavy atom. The lowest BCUT2D eigenvalue weighted by molar-refractivity contribution is -0.161. The maximum atomic E-state index is 5.86. The van der Waals surface area contributed by atoms with Gasteiger partial charge in [-0.05, 0) is 18.4 Å². The van der Waals surface area contributed by atoms with Crippen LogP contribution in [0.4, 0.5) is 0 Å². The van der Waals surface area contributed by atoms with E-state index in [1.807, 2.05) is 6.07 Å². The second-order valence-electron chi connectivity index (χ2n) is 4.19. The second kappa shape index (κ2) is 3.47. The van der Waals surface area contributed by atoms with Crippen LogP contribution >= 0.6 is 0 Å². The van der Waals surface area contributed by atoms with Crippen LogP contribution in [-0.2, 0) is 9.47 Å². The fourth-order valence-corrected chi connectivity index (χ4v) is 2.27. The van der Waals surface area contributed by atoms with Crippen LogP contribution in [0.1, 0.15) is 36.4 Å². The Morgan fingerprint density at radius 3 is 2.87 bits per heavy atom. The molecule has 0 saturated carbocycles. The summed E-state index contributed by atoms with van der Waals surface area (Å²) in [6.07, 6.45) is 2.04. The molecule has 2 aliphatic rings. The minimum Gasteiger partial charge on any atom is -0.344 e. The topological polar surface area (TPSA) is 18.5 Å². The van der Waals surface area contributed by atoms with E-state index in [0.29, 0.717) is 6.61 Å². The number of fused-ring (bicyclic) bond motifs is 5. The van der Waals surface area contributed by atoms with Gasteiger partial charge >= 0.3 is 0 Å².